The van der Waals surface area contributed by atoms with Gasteiger partial charge in [0.1, 0.15) is 5.82 Å². The number of carboxylic acids is 1. The van der Waals surface area contributed by atoms with Crippen LogP contribution in [0.4, 0.5) is 5.82 Å². The van der Waals surface area contributed by atoms with Crippen molar-refractivity contribution in [2.45, 2.75) is 6.92 Å². The first-order valence-electron chi connectivity index (χ1n) is 5.21. The summed E-state index contributed by atoms with van der Waals surface area (Å²) in [5.41, 5.74) is 1.01. The molecule has 1 aromatic rings. The fraction of sp³-hybridized carbons (Fsp3) is 0.455. The smallest absolute Gasteiger partial charge is 0.335 e. The fourth-order valence-electron chi connectivity index (χ4n) is 1.73. The number of carboxylic acid groups (broad SMARTS) is 1. The number of hydrogen-bond acceptors (Lipinski definition) is 4. The maximum Gasteiger partial charge on any atom is 0.335 e. The van der Waals surface area contributed by atoms with Crippen LogP contribution in [0.25, 0.3) is 0 Å². The largest absolute Gasteiger partial charge is 0.478 e. The van der Waals surface area contributed by atoms with Crippen LogP contribution in [0.3, 0.4) is 0 Å². The molecule has 1 saturated heterocycles. The second kappa shape index (κ2) is 4.49. The Morgan fingerprint density at radius 1 is 1.44 bits per heavy atom. The molecular formula is C11H14N2O3. The molecule has 1 aliphatic heterocycles. The van der Waals surface area contributed by atoms with Gasteiger partial charge >= 0.3 is 5.97 Å². The second-order valence-electron chi connectivity index (χ2n) is 3.76. The van der Waals surface area contributed by atoms with E-state index in [0.29, 0.717) is 13.2 Å². The van der Waals surface area contributed by atoms with E-state index in [0.717, 1.165) is 24.6 Å². The van der Waals surface area contributed by atoms with Crippen LogP contribution in [0.15, 0.2) is 12.1 Å². The Kier molecular flexibility index (Phi) is 3.05. The molecule has 0 radical (unpaired) electrons. The summed E-state index contributed by atoms with van der Waals surface area (Å²) >= 11 is 0. The standard InChI is InChI=1S/C11H14N2O3/c1-8-6-9(11(14)15)7-10(12-8)13-2-4-16-5-3-13/h6-7H,2-5H2,1H3,(H,14,15). The van der Waals surface area contributed by atoms with Crippen LogP contribution in [-0.2, 0) is 4.74 Å². The molecule has 0 spiro atoms. The summed E-state index contributed by atoms with van der Waals surface area (Å²) in [4.78, 5) is 17.3. The third kappa shape index (κ3) is 2.30. The van der Waals surface area contributed by atoms with Gasteiger partial charge in [0, 0.05) is 18.8 Å². The number of carbonyl (C=O) groups is 1. The van der Waals surface area contributed by atoms with Gasteiger partial charge in [0.15, 0.2) is 0 Å². The average Bonchev–Trinajstić information content (AvgIpc) is 2.29. The molecule has 0 aromatic carbocycles. The molecule has 16 heavy (non-hydrogen) atoms. The molecule has 0 unspecified atom stereocenters. The minimum Gasteiger partial charge on any atom is -0.478 e. The van der Waals surface area contributed by atoms with Gasteiger partial charge in [0.05, 0.1) is 18.8 Å². The normalized spacial score (nSPS) is 16.2. The van der Waals surface area contributed by atoms with Crippen LogP contribution >= 0.6 is 0 Å². The monoisotopic (exact) mass is 222 g/mol. The van der Waals surface area contributed by atoms with E-state index in [4.69, 9.17) is 9.84 Å². The summed E-state index contributed by atoms with van der Waals surface area (Å²) in [6.07, 6.45) is 0. The van der Waals surface area contributed by atoms with E-state index in [-0.39, 0.29) is 5.56 Å². The molecule has 0 atom stereocenters. The van der Waals surface area contributed by atoms with Crippen molar-refractivity contribution in [1.29, 1.82) is 0 Å². The second-order valence-corrected chi connectivity index (χ2v) is 3.76. The molecule has 0 aliphatic carbocycles. The third-order valence-corrected chi connectivity index (χ3v) is 2.52. The van der Waals surface area contributed by atoms with E-state index < -0.39 is 5.97 Å². The molecule has 0 bridgehead atoms. The zero-order chi connectivity index (χ0) is 11.5. The third-order valence-electron chi connectivity index (χ3n) is 2.52. The van der Waals surface area contributed by atoms with E-state index in [9.17, 15) is 4.79 Å². The number of morpholine rings is 1. The Bertz CT molecular complexity index is 400. The summed E-state index contributed by atoms with van der Waals surface area (Å²) in [5, 5.41) is 8.96. The lowest BCUT2D eigenvalue weighted by Gasteiger charge is -2.28. The lowest BCUT2D eigenvalue weighted by Crippen LogP contribution is -2.37. The van der Waals surface area contributed by atoms with Gasteiger partial charge in [-0.05, 0) is 19.1 Å². The topological polar surface area (TPSA) is 62.7 Å². The van der Waals surface area contributed by atoms with Crippen molar-refractivity contribution < 1.29 is 14.6 Å². The number of ether oxygens (including phenoxy) is 1. The molecular weight excluding hydrogens is 208 g/mol. The van der Waals surface area contributed by atoms with E-state index in [2.05, 4.69) is 4.98 Å². The average molecular weight is 222 g/mol. The van der Waals surface area contributed by atoms with Gasteiger partial charge in [-0.2, -0.15) is 0 Å². The van der Waals surface area contributed by atoms with Crippen LogP contribution < -0.4 is 4.90 Å². The molecule has 86 valence electrons. The number of nitrogens with zero attached hydrogens (tertiary/aromatic N) is 2. The SMILES string of the molecule is Cc1cc(C(=O)O)cc(N2CCOCC2)n1. The van der Waals surface area contributed by atoms with Crippen molar-refractivity contribution in [2.75, 3.05) is 31.2 Å². The van der Waals surface area contributed by atoms with Gasteiger partial charge in [-0.25, -0.2) is 9.78 Å². The van der Waals surface area contributed by atoms with E-state index in [1.165, 1.54) is 0 Å². The first kappa shape index (κ1) is 10.9. The minimum atomic E-state index is -0.917. The van der Waals surface area contributed by atoms with Crippen molar-refractivity contribution in [3.05, 3.63) is 23.4 Å². The number of rotatable bonds is 2. The molecule has 1 N–H and O–H groups in total. The van der Waals surface area contributed by atoms with Crippen LogP contribution in [-0.4, -0.2) is 42.4 Å². The predicted octanol–water partition coefficient (Wildman–Crippen LogP) is 0.925. The molecule has 5 nitrogen and oxygen atoms in total. The van der Waals surface area contributed by atoms with E-state index >= 15 is 0 Å². The van der Waals surface area contributed by atoms with Gasteiger partial charge in [0.25, 0.3) is 0 Å². The molecule has 0 amide bonds. The minimum absolute atomic E-state index is 0.286. The maximum atomic E-state index is 10.9. The van der Waals surface area contributed by atoms with Crippen molar-refractivity contribution >= 4 is 11.8 Å². The first-order chi connectivity index (χ1) is 7.66. The van der Waals surface area contributed by atoms with E-state index in [1.807, 2.05) is 4.90 Å². The lowest BCUT2D eigenvalue weighted by molar-refractivity contribution is 0.0696. The summed E-state index contributed by atoms with van der Waals surface area (Å²) in [7, 11) is 0. The lowest BCUT2D eigenvalue weighted by atomic mass is 10.2. The molecule has 0 saturated carbocycles. The molecule has 2 heterocycles. The summed E-state index contributed by atoms with van der Waals surface area (Å²) in [6, 6.07) is 3.19. The highest BCUT2D eigenvalue weighted by molar-refractivity contribution is 5.88. The number of anilines is 1. The van der Waals surface area contributed by atoms with E-state index in [1.54, 1.807) is 19.1 Å². The maximum absolute atomic E-state index is 10.9. The molecule has 1 aliphatic rings. The Hall–Kier alpha value is -1.62. The van der Waals surface area contributed by atoms with Crippen molar-refractivity contribution in [1.82, 2.24) is 4.98 Å². The number of pyridine rings is 1. The predicted molar refractivity (Wildman–Crippen MR) is 59.0 cm³/mol. The summed E-state index contributed by atoms with van der Waals surface area (Å²) < 4.78 is 5.24. The number of aryl methyl sites for hydroxylation is 1. The highest BCUT2D eigenvalue weighted by atomic mass is 16.5. The Morgan fingerprint density at radius 2 is 2.12 bits per heavy atom. The van der Waals surface area contributed by atoms with Crippen LogP contribution in [0.1, 0.15) is 16.1 Å². The highest BCUT2D eigenvalue weighted by Crippen LogP contribution is 2.16. The Morgan fingerprint density at radius 3 is 2.75 bits per heavy atom. The Balaban J connectivity index is 2.28. The zero-order valence-electron chi connectivity index (χ0n) is 9.14. The van der Waals surface area contributed by atoms with Crippen LogP contribution in [0, 0.1) is 6.92 Å². The van der Waals surface area contributed by atoms with Gasteiger partial charge in [-0.3, -0.25) is 0 Å². The number of aromatic carboxylic acids is 1. The van der Waals surface area contributed by atoms with Crippen LogP contribution in [0.2, 0.25) is 0 Å². The fourth-order valence-corrected chi connectivity index (χ4v) is 1.73. The van der Waals surface area contributed by atoms with Gasteiger partial charge < -0.3 is 14.7 Å². The highest BCUT2D eigenvalue weighted by Gasteiger charge is 2.15. The zero-order valence-corrected chi connectivity index (χ0v) is 9.14. The van der Waals surface area contributed by atoms with Crippen molar-refractivity contribution in [3.63, 3.8) is 0 Å². The number of hydrogen-bond donors (Lipinski definition) is 1. The number of aromatic nitrogens is 1. The quantitative estimate of drug-likeness (QED) is 0.806. The molecule has 1 fully saturated rings. The van der Waals surface area contributed by atoms with Crippen LogP contribution in [0.5, 0.6) is 0 Å². The first-order valence-corrected chi connectivity index (χ1v) is 5.21. The van der Waals surface area contributed by atoms with Gasteiger partial charge in [-0.15, -0.1) is 0 Å². The van der Waals surface area contributed by atoms with Crippen molar-refractivity contribution in [3.8, 4) is 0 Å². The molecule has 2 rings (SSSR count). The van der Waals surface area contributed by atoms with Crippen molar-refractivity contribution in [2.24, 2.45) is 0 Å². The summed E-state index contributed by atoms with van der Waals surface area (Å²) in [6.45, 7) is 4.65. The van der Waals surface area contributed by atoms with Gasteiger partial charge in [0.2, 0.25) is 0 Å². The summed E-state index contributed by atoms with van der Waals surface area (Å²) in [5.74, 6) is -0.194. The van der Waals surface area contributed by atoms with Gasteiger partial charge in [-0.1, -0.05) is 0 Å². The molecule has 5 heteroatoms. The molecule has 1 aromatic heterocycles. The Labute approximate surface area is 93.7 Å².